The van der Waals surface area contributed by atoms with Crippen molar-refractivity contribution in [1.29, 1.82) is 0 Å². The van der Waals surface area contributed by atoms with E-state index in [9.17, 15) is 13.2 Å². The third-order valence-corrected chi connectivity index (χ3v) is 6.19. The van der Waals surface area contributed by atoms with E-state index in [1.165, 1.54) is 25.8 Å². The molecule has 8 heteroatoms. The Balaban J connectivity index is 2.33. The van der Waals surface area contributed by atoms with E-state index in [-0.39, 0.29) is 11.7 Å². The van der Waals surface area contributed by atoms with Crippen molar-refractivity contribution in [2.24, 2.45) is 0 Å². The topological polar surface area (TPSA) is 84.9 Å². The zero-order valence-electron chi connectivity index (χ0n) is 18.3. The molecule has 0 unspecified atom stereocenters. The quantitative estimate of drug-likeness (QED) is 0.655. The molecule has 0 aromatic heterocycles. The molecular weight excluding hydrogens is 404 g/mol. The Hall–Kier alpha value is -2.74. The van der Waals surface area contributed by atoms with Gasteiger partial charge in [-0.3, -0.25) is 9.10 Å². The number of aryl methyl sites for hydroxylation is 1. The first-order valence-electron chi connectivity index (χ1n) is 9.73. The van der Waals surface area contributed by atoms with E-state index in [0.29, 0.717) is 11.5 Å². The molecule has 0 saturated carbocycles. The van der Waals surface area contributed by atoms with Gasteiger partial charge in [-0.1, -0.05) is 31.2 Å². The van der Waals surface area contributed by atoms with Crippen LogP contribution in [0.2, 0.25) is 0 Å². The zero-order chi connectivity index (χ0) is 22.5. The number of sulfonamides is 1. The Kier molecular flexibility index (Phi) is 7.72. The molecule has 0 heterocycles. The number of anilines is 1. The molecule has 2 aromatic rings. The van der Waals surface area contributed by atoms with Gasteiger partial charge in [0.1, 0.15) is 17.5 Å². The van der Waals surface area contributed by atoms with Crippen LogP contribution in [-0.2, 0) is 21.2 Å². The summed E-state index contributed by atoms with van der Waals surface area (Å²) in [5.41, 5.74) is 2.39. The number of methoxy groups -OCH3 is 2. The van der Waals surface area contributed by atoms with Crippen LogP contribution in [0.1, 0.15) is 37.9 Å². The lowest BCUT2D eigenvalue weighted by atomic mass is 10.0. The van der Waals surface area contributed by atoms with Gasteiger partial charge in [-0.25, -0.2) is 8.42 Å². The van der Waals surface area contributed by atoms with Crippen LogP contribution >= 0.6 is 0 Å². The van der Waals surface area contributed by atoms with E-state index in [2.05, 4.69) is 12.2 Å². The molecule has 30 heavy (non-hydrogen) atoms. The molecule has 2 aromatic carbocycles. The van der Waals surface area contributed by atoms with Crippen molar-refractivity contribution < 1.29 is 22.7 Å². The van der Waals surface area contributed by atoms with Crippen LogP contribution in [0.5, 0.6) is 11.5 Å². The van der Waals surface area contributed by atoms with E-state index >= 15 is 0 Å². The van der Waals surface area contributed by atoms with Gasteiger partial charge >= 0.3 is 0 Å². The van der Waals surface area contributed by atoms with Gasteiger partial charge in [0.05, 0.1) is 32.2 Å². The highest BCUT2D eigenvalue weighted by Gasteiger charge is 2.32. The molecule has 0 radical (unpaired) electrons. The number of nitrogens with zero attached hydrogens (tertiary/aromatic N) is 1. The number of hydrogen-bond donors (Lipinski definition) is 1. The van der Waals surface area contributed by atoms with Crippen LogP contribution in [0.3, 0.4) is 0 Å². The summed E-state index contributed by atoms with van der Waals surface area (Å²) in [6.45, 7) is 5.49. The maximum Gasteiger partial charge on any atom is 0.244 e. The van der Waals surface area contributed by atoms with Gasteiger partial charge in [0.15, 0.2) is 0 Å². The molecule has 0 aliphatic rings. The first-order chi connectivity index (χ1) is 14.1. The molecule has 0 aliphatic heterocycles. The fraction of sp³-hybridized carbons (Fsp3) is 0.409. The molecule has 7 nitrogen and oxygen atoms in total. The fourth-order valence-corrected chi connectivity index (χ4v) is 4.38. The summed E-state index contributed by atoms with van der Waals surface area (Å²) in [5, 5.41) is 2.90. The Bertz CT molecular complexity index is 974. The number of carbonyl (C=O) groups is 1. The fourth-order valence-electron chi connectivity index (χ4n) is 3.21. The van der Waals surface area contributed by atoms with E-state index < -0.39 is 22.0 Å². The second-order valence-corrected chi connectivity index (χ2v) is 8.96. The lowest BCUT2D eigenvalue weighted by Crippen LogP contribution is -2.48. The molecule has 1 amide bonds. The number of benzene rings is 2. The smallest absolute Gasteiger partial charge is 0.244 e. The summed E-state index contributed by atoms with van der Waals surface area (Å²) in [7, 11) is -0.865. The molecule has 0 spiro atoms. The average molecular weight is 435 g/mol. The Morgan fingerprint density at radius 2 is 1.70 bits per heavy atom. The van der Waals surface area contributed by atoms with Crippen molar-refractivity contribution in [1.82, 2.24) is 5.32 Å². The minimum Gasteiger partial charge on any atom is -0.497 e. The standard InChI is InChI=1S/C22H30N2O5S/c1-7-17-8-10-18(11-9-17)15(2)23-22(25)16(3)24(30(6,26)27)20-14-19(28-4)12-13-21(20)29-5/h8-16H,7H2,1-6H3,(H,23,25)/t15-,16-/m1/s1. The van der Waals surface area contributed by atoms with Crippen molar-refractivity contribution in [2.75, 3.05) is 24.8 Å². The van der Waals surface area contributed by atoms with Gasteiger partial charge in [0.2, 0.25) is 15.9 Å². The number of rotatable bonds is 9. The summed E-state index contributed by atoms with van der Waals surface area (Å²) in [6.07, 6.45) is 1.99. The maximum atomic E-state index is 13.0. The van der Waals surface area contributed by atoms with Gasteiger partial charge in [0, 0.05) is 6.07 Å². The van der Waals surface area contributed by atoms with Crippen molar-refractivity contribution >= 4 is 21.6 Å². The van der Waals surface area contributed by atoms with Crippen molar-refractivity contribution in [2.45, 2.75) is 39.3 Å². The zero-order valence-corrected chi connectivity index (χ0v) is 19.1. The predicted octanol–water partition coefficient (Wildman–Crippen LogP) is 3.30. The van der Waals surface area contributed by atoms with E-state index in [1.807, 2.05) is 31.2 Å². The monoisotopic (exact) mass is 434 g/mol. The van der Waals surface area contributed by atoms with E-state index in [4.69, 9.17) is 9.47 Å². The highest BCUT2D eigenvalue weighted by Crippen LogP contribution is 2.35. The Morgan fingerprint density at radius 3 is 2.20 bits per heavy atom. The second-order valence-electron chi connectivity index (χ2n) is 7.10. The molecule has 0 bridgehead atoms. The highest BCUT2D eigenvalue weighted by atomic mass is 32.2. The minimum absolute atomic E-state index is 0.238. The van der Waals surface area contributed by atoms with Crippen molar-refractivity contribution in [3.8, 4) is 11.5 Å². The second kappa shape index (κ2) is 9.84. The van der Waals surface area contributed by atoms with Gasteiger partial charge in [-0.15, -0.1) is 0 Å². The summed E-state index contributed by atoms with van der Waals surface area (Å²) in [5.74, 6) is 0.359. The van der Waals surface area contributed by atoms with Crippen LogP contribution in [0.15, 0.2) is 42.5 Å². The third kappa shape index (κ3) is 5.44. The highest BCUT2D eigenvalue weighted by molar-refractivity contribution is 7.92. The number of carbonyl (C=O) groups excluding carboxylic acids is 1. The summed E-state index contributed by atoms with van der Waals surface area (Å²) < 4.78 is 36.8. The van der Waals surface area contributed by atoms with Crippen LogP contribution in [0.4, 0.5) is 5.69 Å². The number of amides is 1. The summed E-state index contributed by atoms with van der Waals surface area (Å²) in [6, 6.07) is 11.5. The van der Waals surface area contributed by atoms with Crippen LogP contribution in [0, 0.1) is 0 Å². The molecule has 1 N–H and O–H groups in total. The van der Waals surface area contributed by atoms with E-state index in [1.54, 1.807) is 19.1 Å². The van der Waals surface area contributed by atoms with Crippen molar-refractivity contribution in [3.05, 3.63) is 53.6 Å². The summed E-state index contributed by atoms with van der Waals surface area (Å²) in [4.78, 5) is 13.0. The van der Waals surface area contributed by atoms with Crippen molar-refractivity contribution in [3.63, 3.8) is 0 Å². The Morgan fingerprint density at radius 1 is 1.07 bits per heavy atom. The molecule has 0 saturated heterocycles. The van der Waals surface area contributed by atoms with Gasteiger partial charge in [-0.2, -0.15) is 0 Å². The van der Waals surface area contributed by atoms with Gasteiger partial charge in [-0.05, 0) is 43.5 Å². The van der Waals surface area contributed by atoms with Crippen LogP contribution in [0.25, 0.3) is 0 Å². The molecule has 2 rings (SSSR count). The van der Waals surface area contributed by atoms with Gasteiger partial charge in [0.25, 0.3) is 0 Å². The Labute approximate surface area is 179 Å². The van der Waals surface area contributed by atoms with Crippen LogP contribution < -0.4 is 19.1 Å². The average Bonchev–Trinajstić information content (AvgIpc) is 2.72. The summed E-state index contributed by atoms with van der Waals surface area (Å²) >= 11 is 0. The molecule has 0 aliphatic carbocycles. The molecule has 2 atom stereocenters. The number of hydrogen-bond acceptors (Lipinski definition) is 5. The van der Waals surface area contributed by atoms with Crippen LogP contribution in [-0.4, -0.2) is 40.8 Å². The SMILES string of the molecule is CCc1ccc([C@@H](C)NC(=O)[C@@H](C)N(c2cc(OC)ccc2OC)S(C)(=O)=O)cc1. The molecule has 0 fully saturated rings. The van der Waals surface area contributed by atoms with E-state index in [0.717, 1.165) is 22.5 Å². The maximum absolute atomic E-state index is 13.0. The molecular formula is C22H30N2O5S. The van der Waals surface area contributed by atoms with Gasteiger partial charge < -0.3 is 14.8 Å². The number of nitrogens with one attached hydrogen (secondary N) is 1. The predicted molar refractivity (Wildman–Crippen MR) is 119 cm³/mol. The third-order valence-electron chi connectivity index (χ3n) is 4.96. The largest absolute Gasteiger partial charge is 0.497 e. The first kappa shape index (κ1) is 23.5. The minimum atomic E-state index is -3.79. The lowest BCUT2D eigenvalue weighted by Gasteiger charge is -2.30. The number of ether oxygens (including phenoxy) is 2. The lowest BCUT2D eigenvalue weighted by molar-refractivity contribution is -0.122. The molecule has 164 valence electrons. The first-order valence-corrected chi connectivity index (χ1v) is 11.6. The normalized spacial score (nSPS) is 13.3.